The summed E-state index contributed by atoms with van der Waals surface area (Å²) in [5.41, 5.74) is 3.16. The first-order valence-corrected chi connectivity index (χ1v) is 11.7. The van der Waals surface area contributed by atoms with Gasteiger partial charge in [-0.25, -0.2) is 13.4 Å². The monoisotopic (exact) mass is 421 g/mol. The highest BCUT2D eigenvalue weighted by atomic mass is 32.2. The van der Waals surface area contributed by atoms with E-state index in [4.69, 9.17) is 0 Å². The van der Waals surface area contributed by atoms with Gasteiger partial charge in [-0.15, -0.1) is 11.3 Å². The molecule has 0 spiro atoms. The van der Waals surface area contributed by atoms with Crippen molar-refractivity contribution in [3.05, 3.63) is 40.8 Å². The number of hydrogen-bond donors (Lipinski definition) is 1. The van der Waals surface area contributed by atoms with Crippen LogP contribution in [0.3, 0.4) is 0 Å². The van der Waals surface area contributed by atoms with Crippen molar-refractivity contribution in [2.24, 2.45) is 0 Å². The second-order valence-electron chi connectivity index (χ2n) is 6.62. The number of nitrogens with one attached hydrogen (secondary N) is 1. The van der Waals surface area contributed by atoms with E-state index in [1.165, 1.54) is 32.5 Å². The van der Waals surface area contributed by atoms with Crippen LogP contribution in [0.5, 0.6) is 0 Å². The van der Waals surface area contributed by atoms with Crippen molar-refractivity contribution < 1.29 is 13.2 Å². The molecule has 142 valence electrons. The molecule has 2 aromatic heterocycles. The molecule has 0 aliphatic carbocycles. The SMILES string of the molecule is Cc1cc2nc(NC(=O)C3CCCN3S(=O)(=O)c3cccs3)sc2cc1C. The van der Waals surface area contributed by atoms with Gasteiger partial charge in [0.05, 0.1) is 10.2 Å². The number of thiophene rings is 1. The van der Waals surface area contributed by atoms with Crippen molar-refractivity contribution in [1.29, 1.82) is 0 Å². The Morgan fingerprint density at radius 1 is 1.30 bits per heavy atom. The van der Waals surface area contributed by atoms with E-state index >= 15 is 0 Å². The fraction of sp³-hybridized carbons (Fsp3) is 0.333. The van der Waals surface area contributed by atoms with Crippen molar-refractivity contribution in [1.82, 2.24) is 9.29 Å². The highest BCUT2D eigenvalue weighted by Gasteiger charge is 2.40. The minimum Gasteiger partial charge on any atom is -0.301 e. The van der Waals surface area contributed by atoms with Crippen molar-refractivity contribution in [3.63, 3.8) is 0 Å². The van der Waals surface area contributed by atoms with Gasteiger partial charge in [0.2, 0.25) is 5.91 Å². The maximum absolute atomic E-state index is 12.8. The number of aryl methyl sites for hydroxylation is 2. The van der Waals surface area contributed by atoms with Gasteiger partial charge in [0.1, 0.15) is 10.3 Å². The van der Waals surface area contributed by atoms with Gasteiger partial charge in [-0.2, -0.15) is 4.31 Å². The van der Waals surface area contributed by atoms with E-state index < -0.39 is 16.1 Å². The molecule has 3 heterocycles. The zero-order valence-electron chi connectivity index (χ0n) is 14.9. The standard InChI is InChI=1S/C18H19N3O3S3/c1-11-9-13-15(10-12(11)2)26-18(19-13)20-17(22)14-5-3-7-21(14)27(23,24)16-6-4-8-25-16/h4,6,8-10,14H,3,5,7H2,1-2H3,(H,19,20,22). The van der Waals surface area contributed by atoms with Crippen LogP contribution in [0.25, 0.3) is 10.2 Å². The van der Waals surface area contributed by atoms with E-state index in [9.17, 15) is 13.2 Å². The summed E-state index contributed by atoms with van der Waals surface area (Å²) in [6, 6.07) is 6.63. The largest absolute Gasteiger partial charge is 0.301 e. The van der Waals surface area contributed by atoms with Gasteiger partial charge in [-0.3, -0.25) is 4.79 Å². The Bertz CT molecular complexity index is 1060. The lowest BCUT2D eigenvalue weighted by molar-refractivity contribution is -0.119. The van der Waals surface area contributed by atoms with Crippen LogP contribution in [-0.4, -0.2) is 36.2 Å². The number of carbonyl (C=O) groups excluding carboxylic acids is 1. The summed E-state index contributed by atoms with van der Waals surface area (Å²) in [4.78, 5) is 17.3. The molecule has 27 heavy (non-hydrogen) atoms. The number of thiazole rings is 1. The van der Waals surface area contributed by atoms with Gasteiger partial charge in [0.15, 0.2) is 5.13 Å². The van der Waals surface area contributed by atoms with E-state index in [0.29, 0.717) is 24.5 Å². The maximum Gasteiger partial charge on any atom is 0.253 e. The Labute approximate surface area is 165 Å². The minimum atomic E-state index is -3.64. The summed E-state index contributed by atoms with van der Waals surface area (Å²) >= 11 is 2.57. The normalized spacial score (nSPS) is 18.2. The van der Waals surface area contributed by atoms with E-state index in [1.807, 2.05) is 19.9 Å². The molecule has 1 aliphatic rings. The number of aromatic nitrogens is 1. The molecule has 1 saturated heterocycles. The number of carbonyl (C=O) groups is 1. The van der Waals surface area contributed by atoms with E-state index in [2.05, 4.69) is 16.4 Å². The molecular weight excluding hydrogens is 402 g/mol. The number of fused-ring (bicyclic) bond motifs is 1. The van der Waals surface area contributed by atoms with Crippen LogP contribution in [0.2, 0.25) is 0 Å². The second kappa shape index (κ2) is 6.97. The lowest BCUT2D eigenvalue weighted by Gasteiger charge is -2.22. The highest BCUT2D eigenvalue weighted by molar-refractivity contribution is 7.91. The van der Waals surface area contributed by atoms with Crippen LogP contribution < -0.4 is 5.32 Å². The molecule has 9 heteroatoms. The molecule has 1 unspecified atom stereocenters. The summed E-state index contributed by atoms with van der Waals surface area (Å²) < 4.78 is 28.2. The third kappa shape index (κ3) is 3.40. The van der Waals surface area contributed by atoms with Gasteiger partial charge in [0, 0.05) is 6.54 Å². The predicted molar refractivity (Wildman–Crippen MR) is 109 cm³/mol. The van der Waals surface area contributed by atoms with Crippen LogP contribution in [0.15, 0.2) is 33.9 Å². The molecule has 1 atom stereocenters. The minimum absolute atomic E-state index is 0.271. The van der Waals surface area contributed by atoms with Crippen LogP contribution >= 0.6 is 22.7 Å². The molecule has 1 amide bonds. The molecule has 0 saturated carbocycles. The van der Waals surface area contributed by atoms with Gasteiger partial charge < -0.3 is 5.32 Å². The molecule has 1 fully saturated rings. The Kier molecular flexibility index (Phi) is 4.79. The van der Waals surface area contributed by atoms with Crippen LogP contribution in [0.4, 0.5) is 5.13 Å². The zero-order chi connectivity index (χ0) is 19.2. The number of sulfonamides is 1. The quantitative estimate of drug-likeness (QED) is 0.695. The topological polar surface area (TPSA) is 79.4 Å². The maximum atomic E-state index is 12.8. The molecule has 1 N–H and O–H groups in total. The van der Waals surface area contributed by atoms with Gasteiger partial charge in [-0.05, 0) is 61.4 Å². The first-order valence-electron chi connectivity index (χ1n) is 8.60. The summed E-state index contributed by atoms with van der Waals surface area (Å²) in [5.74, 6) is -0.319. The molecule has 0 bridgehead atoms. The third-order valence-electron chi connectivity index (χ3n) is 4.80. The second-order valence-corrected chi connectivity index (χ2v) is 10.7. The zero-order valence-corrected chi connectivity index (χ0v) is 17.4. The lowest BCUT2D eigenvalue weighted by Crippen LogP contribution is -2.42. The van der Waals surface area contributed by atoms with Crippen molar-refractivity contribution in [2.45, 2.75) is 36.9 Å². The number of anilines is 1. The first kappa shape index (κ1) is 18.5. The number of nitrogens with zero attached hydrogens (tertiary/aromatic N) is 2. The van der Waals surface area contributed by atoms with Crippen molar-refractivity contribution in [2.75, 3.05) is 11.9 Å². The Balaban J connectivity index is 1.57. The smallest absolute Gasteiger partial charge is 0.253 e. The van der Waals surface area contributed by atoms with Crippen molar-refractivity contribution >= 4 is 54.0 Å². The molecule has 4 rings (SSSR count). The lowest BCUT2D eigenvalue weighted by atomic mass is 10.1. The predicted octanol–water partition coefficient (Wildman–Crippen LogP) is 3.77. The van der Waals surface area contributed by atoms with Gasteiger partial charge in [0.25, 0.3) is 10.0 Å². The molecule has 6 nitrogen and oxygen atoms in total. The molecule has 1 aromatic carbocycles. The van der Waals surface area contributed by atoms with Crippen LogP contribution in [-0.2, 0) is 14.8 Å². The fourth-order valence-corrected chi connectivity index (χ4v) is 6.96. The Hall–Kier alpha value is -1.81. The van der Waals surface area contributed by atoms with E-state index in [1.54, 1.807) is 17.5 Å². The van der Waals surface area contributed by atoms with Crippen LogP contribution in [0.1, 0.15) is 24.0 Å². The average Bonchev–Trinajstić information content (AvgIpc) is 3.35. The Morgan fingerprint density at radius 2 is 2.07 bits per heavy atom. The number of benzene rings is 1. The summed E-state index contributed by atoms with van der Waals surface area (Å²) in [7, 11) is -3.64. The van der Waals surface area contributed by atoms with E-state index in [0.717, 1.165) is 15.8 Å². The first-order chi connectivity index (χ1) is 12.9. The number of rotatable bonds is 4. The Morgan fingerprint density at radius 3 is 2.81 bits per heavy atom. The molecule has 1 aliphatic heterocycles. The summed E-state index contributed by atoms with van der Waals surface area (Å²) in [6.07, 6.45) is 1.18. The summed E-state index contributed by atoms with van der Waals surface area (Å²) in [5, 5.41) is 5.05. The average molecular weight is 422 g/mol. The molecule has 3 aromatic rings. The fourth-order valence-electron chi connectivity index (χ4n) is 3.24. The third-order valence-corrected chi connectivity index (χ3v) is 9.01. The van der Waals surface area contributed by atoms with E-state index in [-0.39, 0.29) is 10.1 Å². The number of hydrogen-bond acceptors (Lipinski definition) is 6. The van der Waals surface area contributed by atoms with Gasteiger partial charge >= 0.3 is 0 Å². The molecular formula is C18H19N3O3S3. The summed E-state index contributed by atoms with van der Waals surface area (Å²) in [6.45, 7) is 4.42. The van der Waals surface area contributed by atoms with Crippen molar-refractivity contribution in [3.8, 4) is 0 Å². The van der Waals surface area contributed by atoms with Gasteiger partial charge in [-0.1, -0.05) is 17.4 Å². The van der Waals surface area contributed by atoms with Crippen LogP contribution in [0, 0.1) is 13.8 Å². The highest BCUT2D eigenvalue weighted by Crippen LogP contribution is 2.31. The number of amides is 1. The molecule has 0 radical (unpaired) electrons.